The van der Waals surface area contributed by atoms with Gasteiger partial charge in [-0.05, 0) is 31.2 Å². The van der Waals surface area contributed by atoms with Crippen LogP contribution in [0.5, 0.6) is 0 Å². The predicted molar refractivity (Wildman–Crippen MR) is 145 cm³/mol. The molecule has 12 heteroatoms. The van der Waals surface area contributed by atoms with Crippen LogP contribution in [0.1, 0.15) is 17.7 Å². The van der Waals surface area contributed by atoms with E-state index in [-0.39, 0.29) is 6.42 Å². The third-order valence-corrected chi connectivity index (χ3v) is 10.8. The predicted octanol–water partition coefficient (Wildman–Crippen LogP) is 5.90. The molecule has 3 heterocycles. The zero-order valence-corrected chi connectivity index (χ0v) is 22.8. The van der Waals surface area contributed by atoms with E-state index in [9.17, 15) is 5.26 Å². The number of hydrogen-bond donors (Lipinski definition) is 0. The molecule has 192 valence electrons. The molecule has 0 saturated carbocycles. The number of benzene rings is 2. The summed E-state index contributed by atoms with van der Waals surface area (Å²) in [5.41, 5.74) is 1.55. The van der Waals surface area contributed by atoms with Gasteiger partial charge in [0.05, 0.1) is 58.9 Å². The van der Waals surface area contributed by atoms with Crippen molar-refractivity contribution in [3.05, 3.63) is 69.6 Å². The maximum Gasteiger partial charge on any atom is 0.165 e. The molecule has 0 unspecified atom stereocenters. The van der Waals surface area contributed by atoms with Crippen molar-refractivity contribution in [3.8, 4) is 6.07 Å². The molecule has 37 heavy (non-hydrogen) atoms. The summed E-state index contributed by atoms with van der Waals surface area (Å²) in [4.78, 5) is 4.95. The van der Waals surface area contributed by atoms with E-state index in [1.807, 2.05) is 18.6 Å². The average molecular weight is 560 g/mol. The molecule has 1 atom stereocenters. The van der Waals surface area contributed by atoms with E-state index in [1.54, 1.807) is 41.1 Å². The lowest BCUT2D eigenvalue weighted by Gasteiger charge is -2.46. The van der Waals surface area contributed by atoms with Gasteiger partial charge in [0.25, 0.3) is 0 Å². The molecule has 0 aliphatic carbocycles. The van der Waals surface area contributed by atoms with Crippen LogP contribution in [-0.4, -0.2) is 58.3 Å². The molecule has 0 radical (unpaired) electrons. The number of halogens is 3. The maximum atomic E-state index is 15.2. The Bertz CT molecular complexity index is 1460. The largest absolute Gasteiger partial charge is 0.379 e. The minimum atomic E-state index is -2.93. The number of aliphatic imine (C=N–C) groups is 1. The number of morpholine rings is 1. The molecule has 1 saturated heterocycles. The Kier molecular flexibility index (Phi) is 7.39. The minimum Gasteiger partial charge on any atom is -0.379 e. The molecule has 5 rings (SSSR count). The Balaban J connectivity index is 1.90. The SMILES string of the molecule is Cc1nn(CCC#N)c2c1[P@](=Nc1c(Cl)cccc1Cl)(N1CCOCC1)N(C)C(c1ccccc1F)=N2. The van der Waals surface area contributed by atoms with Gasteiger partial charge in [-0.15, -0.1) is 0 Å². The molecule has 8 nitrogen and oxygen atoms in total. The van der Waals surface area contributed by atoms with E-state index < -0.39 is 13.2 Å². The van der Waals surface area contributed by atoms with Gasteiger partial charge in [0.15, 0.2) is 13.2 Å². The number of ether oxygens (including phenoxy) is 1. The third-order valence-electron chi connectivity index (χ3n) is 6.42. The quantitative estimate of drug-likeness (QED) is 0.364. The van der Waals surface area contributed by atoms with Gasteiger partial charge in [0.1, 0.15) is 17.3 Å². The van der Waals surface area contributed by atoms with Crippen LogP contribution in [-0.2, 0) is 11.3 Å². The number of fused-ring (bicyclic) bond motifs is 1. The summed E-state index contributed by atoms with van der Waals surface area (Å²) in [5.74, 6) is 0.596. The van der Waals surface area contributed by atoms with Gasteiger partial charge in [-0.1, -0.05) is 41.4 Å². The van der Waals surface area contributed by atoms with Crippen molar-refractivity contribution in [1.29, 1.82) is 5.26 Å². The highest BCUT2D eigenvalue weighted by Gasteiger charge is 2.46. The zero-order valence-electron chi connectivity index (χ0n) is 20.4. The topological polar surface area (TPSA) is 82.0 Å². The van der Waals surface area contributed by atoms with Crippen LogP contribution in [0, 0.1) is 24.1 Å². The van der Waals surface area contributed by atoms with Gasteiger partial charge in [-0.25, -0.2) is 23.5 Å². The molecule has 3 aromatic rings. The smallest absolute Gasteiger partial charge is 0.165 e. The van der Waals surface area contributed by atoms with Gasteiger partial charge in [-0.2, -0.15) is 10.4 Å². The molecule has 0 spiro atoms. The summed E-state index contributed by atoms with van der Waals surface area (Å²) in [6, 6.07) is 14.0. The highest BCUT2D eigenvalue weighted by Crippen LogP contribution is 2.62. The number of aryl methyl sites for hydroxylation is 2. The average Bonchev–Trinajstić information content (AvgIpc) is 3.22. The van der Waals surface area contributed by atoms with Crippen LogP contribution in [0.15, 0.2) is 52.2 Å². The summed E-state index contributed by atoms with van der Waals surface area (Å²) in [6.45, 7) is 4.49. The summed E-state index contributed by atoms with van der Waals surface area (Å²) in [5, 5.41) is 15.7. The minimum absolute atomic E-state index is 0.254. The Morgan fingerprint density at radius 1 is 1.14 bits per heavy atom. The van der Waals surface area contributed by atoms with Crippen LogP contribution in [0.4, 0.5) is 15.9 Å². The van der Waals surface area contributed by atoms with Crippen LogP contribution >= 0.6 is 30.6 Å². The van der Waals surface area contributed by atoms with Gasteiger partial charge >= 0.3 is 0 Å². The number of rotatable bonds is 5. The first-order chi connectivity index (χ1) is 17.9. The molecule has 2 aliphatic heterocycles. The molecule has 2 aromatic carbocycles. The fourth-order valence-electron chi connectivity index (χ4n) is 4.73. The lowest BCUT2D eigenvalue weighted by Crippen LogP contribution is -2.45. The van der Waals surface area contributed by atoms with Crippen molar-refractivity contribution < 1.29 is 9.13 Å². The van der Waals surface area contributed by atoms with E-state index in [4.69, 9.17) is 42.8 Å². The third kappa shape index (κ3) is 4.47. The van der Waals surface area contributed by atoms with Crippen LogP contribution < -0.4 is 5.30 Å². The van der Waals surface area contributed by atoms with Gasteiger partial charge in [0.2, 0.25) is 0 Å². The summed E-state index contributed by atoms with van der Waals surface area (Å²) < 4.78 is 32.3. The van der Waals surface area contributed by atoms with E-state index >= 15 is 4.39 Å². The standard InChI is InChI=1S/C25H25Cl2FN7OP/c1-17-23-25(35(31-17)12-6-11-29)30-24(18-7-3-4-10-21(18)28)33(2)37(23,34-13-15-36-16-14-34)32-22-19(26)8-5-9-20(22)27/h3-5,7-10H,6,12-16H2,1-2H3/t37-/m1/s1. The van der Waals surface area contributed by atoms with Crippen molar-refractivity contribution in [1.82, 2.24) is 19.1 Å². The van der Waals surface area contributed by atoms with E-state index in [1.165, 1.54) is 6.07 Å². The molecule has 2 aliphatic rings. The first-order valence-electron chi connectivity index (χ1n) is 11.8. The lowest BCUT2D eigenvalue weighted by molar-refractivity contribution is 0.0732. The van der Waals surface area contributed by atoms with Crippen molar-refractivity contribution in [2.75, 3.05) is 33.4 Å². The van der Waals surface area contributed by atoms with Crippen LogP contribution in [0.2, 0.25) is 10.0 Å². The van der Waals surface area contributed by atoms with Crippen LogP contribution in [0.3, 0.4) is 0 Å². The summed E-state index contributed by atoms with van der Waals surface area (Å²) in [6.07, 6.45) is 0.254. The van der Waals surface area contributed by atoms with Crippen molar-refractivity contribution >= 4 is 53.2 Å². The Morgan fingerprint density at radius 2 is 1.84 bits per heavy atom. The van der Waals surface area contributed by atoms with Gasteiger partial charge in [0, 0.05) is 20.1 Å². The second-order valence-electron chi connectivity index (χ2n) is 8.63. The molecule has 0 N–H and O–H groups in total. The molecule has 0 amide bonds. The normalized spacial score (nSPS) is 19.8. The Hall–Kier alpha value is -2.73. The van der Waals surface area contributed by atoms with Gasteiger partial charge in [-0.3, -0.25) is 0 Å². The fraction of sp³-hybridized carbons (Fsp3) is 0.320. The van der Waals surface area contributed by atoms with Gasteiger partial charge < -0.3 is 9.41 Å². The number of hydrogen-bond acceptors (Lipinski definition) is 5. The summed E-state index contributed by atoms with van der Waals surface area (Å²) in [7, 11) is -1.05. The fourth-order valence-corrected chi connectivity index (χ4v) is 9.20. The first-order valence-corrected chi connectivity index (χ1v) is 14.2. The van der Waals surface area contributed by atoms with Crippen LogP contribution in [0.25, 0.3) is 0 Å². The second-order valence-corrected chi connectivity index (χ2v) is 12.4. The maximum absolute atomic E-state index is 15.2. The molecular formula is C25H25Cl2FN7OP. The number of aromatic nitrogens is 2. The highest BCUT2D eigenvalue weighted by molar-refractivity contribution is 7.70. The second kappa shape index (κ2) is 10.6. The van der Waals surface area contributed by atoms with Crippen molar-refractivity contribution in [2.24, 2.45) is 9.74 Å². The molecule has 1 aromatic heterocycles. The summed E-state index contributed by atoms with van der Waals surface area (Å²) >= 11 is 13.3. The number of nitriles is 1. The highest BCUT2D eigenvalue weighted by atomic mass is 35.5. The molecular weight excluding hydrogens is 535 g/mol. The Labute approximate surface area is 225 Å². The number of amidine groups is 1. The monoisotopic (exact) mass is 559 g/mol. The van der Waals surface area contributed by atoms with E-state index in [0.717, 1.165) is 11.0 Å². The van der Waals surface area contributed by atoms with E-state index in [2.05, 4.69) is 10.7 Å². The Morgan fingerprint density at radius 3 is 2.51 bits per heavy atom. The zero-order chi connectivity index (χ0) is 26.2. The molecule has 1 fully saturated rings. The molecule has 0 bridgehead atoms. The van der Waals surface area contributed by atoms with Crippen molar-refractivity contribution in [3.63, 3.8) is 0 Å². The van der Waals surface area contributed by atoms with Crippen molar-refractivity contribution in [2.45, 2.75) is 19.9 Å². The van der Waals surface area contributed by atoms with E-state index in [0.29, 0.717) is 65.8 Å². The number of nitrogens with zero attached hydrogens (tertiary/aromatic N) is 7. The first kappa shape index (κ1) is 25.9. The lowest BCUT2D eigenvalue weighted by atomic mass is 10.2.